The van der Waals surface area contributed by atoms with E-state index in [1.165, 1.54) is 0 Å². The average molecular weight is 135 g/mol. The minimum absolute atomic E-state index is 0.00347. The molecule has 0 spiro atoms. The molecule has 0 heterocycles. The van der Waals surface area contributed by atoms with E-state index in [4.69, 9.17) is 10.8 Å². The van der Waals surface area contributed by atoms with E-state index in [9.17, 15) is 4.79 Å². The van der Waals surface area contributed by atoms with Crippen molar-refractivity contribution in [2.24, 2.45) is 5.73 Å². The van der Waals surface area contributed by atoms with Crippen LogP contribution >= 0.6 is 12.6 Å². The molecule has 3 nitrogen and oxygen atoms in total. The summed E-state index contributed by atoms with van der Waals surface area (Å²) in [4.78, 5) is 10.00. The Hall–Kier alpha value is -0.220. The number of aliphatic hydroxyl groups is 1. The minimum atomic E-state index is -0.684. The highest BCUT2D eigenvalue weighted by Crippen LogP contribution is 1.90. The third-order valence-corrected chi connectivity index (χ3v) is 1.07. The predicted molar refractivity (Wildman–Crippen MR) is 33.7 cm³/mol. The van der Waals surface area contributed by atoms with Gasteiger partial charge in [0.25, 0.3) is 0 Å². The van der Waals surface area contributed by atoms with Gasteiger partial charge >= 0.3 is 0 Å². The predicted octanol–water partition coefficient (Wildman–Crippen LogP) is -0.848. The molecule has 48 valence electrons. The molecule has 0 aliphatic rings. The highest BCUT2D eigenvalue weighted by molar-refractivity contribution is 7.80. The minimum Gasteiger partial charge on any atom is -0.392 e. The van der Waals surface area contributed by atoms with Crippen LogP contribution in [0.5, 0.6) is 0 Å². The first-order valence-electron chi connectivity index (χ1n) is 2.24. The van der Waals surface area contributed by atoms with Crippen molar-refractivity contribution in [2.45, 2.75) is 12.5 Å². The Morgan fingerprint density at radius 2 is 2.38 bits per heavy atom. The number of hydrogen-bond donors (Lipinski definition) is 3. The molecule has 0 radical (unpaired) electrons. The van der Waals surface area contributed by atoms with E-state index in [2.05, 4.69) is 12.6 Å². The SMILES string of the molecule is NC(=O)CC(O)CS. The number of amides is 1. The van der Waals surface area contributed by atoms with Crippen LogP contribution < -0.4 is 5.73 Å². The quantitative estimate of drug-likeness (QED) is 0.441. The van der Waals surface area contributed by atoms with E-state index in [1.807, 2.05) is 0 Å². The monoisotopic (exact) mass is 135 g/mol. The van der Waals surface area contributed by atoms with Crippen LogP contribution in [0, 0.1) is 0 Å². The zero-order valence-electron chi connectivity index (χ0n) is 4.37. The maximum atomic E-state index is 10.00. The fourth-order valence-corrected chi connectivity index (χ4v) is 0.426. The van der Waals surface area contributed by atoms with Crippen molar-refractivity contribution >= 4 is 18.5 Å². The molecule has 0 aliphatic heterocycles. The molecule has 8 heavy (non-hydrogen) atoms. The maximum Gasteiger partial charge on any atom is 0.220 e. The Balaban J connectivity index is 3.24. The lowest BCUT2D eigenvalue weighted by atomic mass is 10.3. The second-order valence-corrected chi connectivity index (χ2v) is 1.87. The lowest BCUT2D eigenvalue weighted by Crippen LogP contribution is -2.20. The van der Waals surface area contributed by atoms with Crippen molar-refractivity contribution in [2.75, 3.05) is 5.75 Å². The van der Waals surface area contributed by atoms with Crippen molar-refractivity contribution in [1.82, 2.24) is 0 Å². The molecule has 0 aromatic heterocycles. The lowest BCUT2D eigenvalue weighted by molar-refractivity contribution is -0.119. The van der Waals surface area contributed by atoms with Gasteiger partial charge in [-0.25, -0.2) is 0 Å². The van der Waals surface area contributed by atoms with Crippen molar-refractivity contribution in [3.63, 3.8) is 0 Å². The standard InChI is InChI=1S/C4H9NO2S/c5-4(7)1-3(6)2-8/h3,6,8H,1-2H2,(H2,5,7). The van der Waals surface area contributed by atoms with Crippen molar-refractivity contribution in [1.29, 1.82) is 0 Å². The van der Waals surface area contributed by atoms with Gasteiger partial charge in [-0.1, -0.05) is 0 Å². The zero-order chi connectivity index (χ0) is 6.57. The molecule has 0 aliphatic carbocycles. The Labute approximate surface area is 53.3 Å². The van der Waals surface area contributed by atoms with Gasteiger partial charge in [0.05, 0.1) is 12.5 Å². The third-order valence-electron chi connectivity index (χ3n) is 0.648. The number of hydrogen-bond acceptors (Lipinski definition) is 3. The number of nitrogens with two attached hydrogens (primary N) is 1. The van der Waals surface area contributed by atoms with Crippen LogP contribution in [0.4, 0.5) is 0 Å². The first kappa shape index (κ1) is 7.78. The first-order valence-corrected chi connectivity index (χ1v) is 2.87. The van der Waals surface area contributed by atoms with Gasteiger partial charge in [0.1, 0.15) is 0 Å². The number of carbonyl (C=O) groups excluding carboxylic acids is 1. The number of primary amides is 1. The van der Waals surface area contributed by atoms with E-state index in [-0.39, 0.29) is 12.2 Å². The highest BCUT2D eigenvalue weighted by atomic mass is 32.1. The normalized spacial score (nSPS) is 13.2. The zero-order valence-corrected chi connectivity index (χ0v) is 5.27. The summed E-state index contributed by atoms with van der Waals surface area (Å²) in [7, 11) is 0. The second-order valence-electron chi connectivity index (χ2n) is 1.51. The average Bonchev–Trinajstić information content (AvgIpc) is 1.65. The second kappa shape index (κ2) is 3.74. The summed E-state index contributed by atoms with van der Waals surface area (Å²) in [6.07, 6.45) is -0.681. The molecule has 0 fully saturated rings. The van der Waals surface area contributed by atoms with E-state index in [0.717, 1.165) is 0 Å². The Bertz CT molecular complexity index is 86.1. The van der Waals surface area contributed by atoms with Crippen LogP contribution in [0.3, 0.4) is 0 Å². The van der Waals surface area contributed by atoms with Crippen LogP contribution in [-0.4, -0.2) is 22.9 Å². The van der Waals surface area contributed by atoms with Gasteiger partial charge in [-0.15, -0.1) is 0 Å². The molecule has 1 amide bonds. The van der Waals surface area contributed by atoms with E-state index < -0.39 is 12.0 Å². The molecule has 0 aromatic rings. The summed E-state index contributed by atoms with van der Waals surface area (Å²) in [6.45, 7) is 0. The molecule has 0 saturated heterocycles. The number of thiol groups is 1. The Kier molecular flexibility index (Phi) is 3.64. The molecular weight excluding hydrogens is 126 g/mol. The fourth-order valence-electron chi connectivity index (χ4n) is 0.297. The van der Waals surface area contributed by atoms with Gasteiger partial charge in [-0.3, -0.25) is 4.79 Å². The summed E-state index contributed by atoms with van der Waals surface area (Å²) in [5.74, 6) is -0.213. The smallest absolute Gasteiger partial charge is 0.220 e. The van der Waals surface area contributed by atoms with Gasteiger partial charge in [0.15, 0.2) is 0 Å². The van der Waals surface area contributed by atoms with Gasteiger partial charge in [-0.05, 0) is 0 Å². The van der Waals surface area contributed by atoms with Gasteiger partial charge in [0.2, 0.25) is 5.91 Å². The molecular formula is C4H9NO2S. The topological polar surface area (TPSA) is 63.3 Å². The van der Waals surface area contributed by atoms with Crippen LogP contribution in [0.15, 0.2) is 0 Å². The van der Waals surface area contributed by atoms with Crippen LogP contribution in [-0.2, 0) is 4.79 Å². The highest BCUT2D eigenvalue weighted by Gasteiger charge is 2.03. The molecule has 0 bridgehead atoms. The van der Waals surface area contributed by atoms with Crippen LogP contribution in [0.2, 0.25) is 0 Å². The van der Waals surface area contributed by atoms with Crippen molar-refractivity contribution < 1.29 is 9.90 Å². The number of rotatable bonds is 3. The van der Waals surface area contributed by atoms with Crippen LogP contribution in [0.25, 0.3) is 0 Å². The summed E-state index contributed by atoms with van der Waals surface area (Å²) in [5, 5.41) is 8.65. The van der Waals surface area contributed by atoms with Gasteiger partial charge < -0.3 is 10.8 Å². The molecule has 3 N–H and O–H groups in total. The fraction of sp³-hybridized carbons (Fsp3) is 0.750. The number of aliphatic hydroxyl groups excluding tert-OH is 1. The van der Waals surface area contributed by atoms with E-state index >= 15 is 0 Å². The molecule has 1 unspecified atom stereocenters. The summed E-state index contributed by atoms with van der Waals surface area (Å²) < 4.78 is 0. The first-order chi connectivity index (χ1) is 3.66. The van der Waals surface area contributed by atoms with Gasteiger partial charge in [0, 0.05) is 5.75 Å². The summed E-state index contributed by atoms with van der Waals surface area (Å²) in [5.41, 5.74) is 4.74. The summed E-state index contributed by atoms with van der Waals surface area (Å²) >= 11 is 3.73. The summed E-state index contributed by atoms with van der Waals surface area (Å²) in [6, 6.07) is 0. The Morgan fingerprint density at radius 1 is 1.88 bits per heavy atom. The molecule has 4 heteroatoms. The maximum absolute atomic E-state index is 10.00. The Morgan fingerprint density at radius 3 is 2.50 bits per heavy atom. The third kappa shape index (κ3) is 3.95. The van der Waals surface area contributed by atoms with E-state index in [0.29, 0.717) is 0 Å². The molecule has 0 rings (SSSR count). The van der Waals surface area contributed by atoms with Gasteiger partial charge in [-0.2, -0.15) is 12.6 Å². The number of carbonyl (C=O) groups is 1. The molecule has 0 saturated carbocycles. The molecule has 0 aromatic carbocycles. The lowest BCUT2D eigenvalue weighted by Gasteiger charge is -2.00. The van der Waals surface area contributed by atoms with E-state index in [1.54, 1.807) is 0 Å². The van der Waals surface area contributed by atoms with Crippen molar-refractivity contribution in [3.05, 3.63) is 0 Å². The molecule has 1 atom stereocenters. The van der Waals surface area contributed by atoms with Crippen LogP contribution in [0.1, 0.15) is 6.42 Å². The largest absolute Gasteiger partial charge is 0.392 e. The van der Waals surface area contributed by atoms with Crippen molar-refractivity contribution in [3.8, 4) is 0 Å².